The highest BCUT2D eigenvalue weighted by Crippen LogP contribution is 2.35. The Balaban J connectivity index is 1.75. The van der Waals surface area contributed by atoms with E-state index in [9.17, 15) is 9.59 Å². The third-order valence-corrected chi connectivity index (χ3v) is 6.05. The van der Waals surface area contributed by atoms with Gasteiger partial charge in [0.1, 0.15) is 17.1 Å². The largest absolute Gasteiger partial charge is 0.497 e. The van der Waals surface area contributed by atoms with Crippen LogP contribution >= 0.6 is 11.3 Å². The molecule has 4 rings (SSSR count). The van der Waals surface area contributed by atoms with Crippen molar-refractivity contribution < 1.29 is 14.3 Å². The maximum absolute atomic E-state index is 13.3. The Kier molecular flexibility index (Phi) is 5.96. The Bertz CT molecular complexity index is 1340. The zero-order valence-electron chi connectivity index (χ0n) is 18.2. The van der Waals surface area contributed by atoms with Crippen LogP contribution in [0.15, 0.2) is 58.8 Å². The Morgan fingerprint density at radius 3 is 2.50 bits per heavy atom. The predicted molar refractivity (Wildman–Crippen MR) is 126 cm³/mol. The van der Waals surface area contributed by atoms with Crippen molar-refractivity contribution in [2.75, 3.05) is 19.5 Å². The summed E-state index contributed by atoms with van der Waals surface area (Å²) >= 11 is 1.31. The van der Waals surface area contributed by atoms with Gasteiger partial charge in [-0.2, -0.15) is 0 Å². The van der Waals surface area contributed by atoms with Crippen LogP contribution in [0.25, 0.3) is 16.2 Å². The monoisotopic (exact) mass is 449 g/mol. The lowest BCUT2D eigenvalue weighted by Gasteiger charge is -2.11. The van der Waals surface area contributed by atoms with Crippen molar-refractivity contribution in [3.8, 4) is 22.8 Å². The van der Waals surface area contributed by atoms with E-state index in [0.29, 0.717) is 39.3 Å². The Morgan fingerprint density at radius 1 is 1.09 bits per heavy atom. The Morgan fingerprint density at radius 2 is 1.84 bits per heavy atom. The normalized spacial score (nSPS) is 11.0. The third-order valence-electron chi connectivity index (χ3n) is 5.21. The van der Waals surface area contributed by atoms with Crippen molar-refractivity contribution in [3.05, 3.63) is 75.5 Å². The van der Waals surface area contributed by atoms with Crippen molar-refractivity contribution in [2.45, 2.75) is 19.8 Å². The quantitative estimate of drug-likeness (QED) is 0.457. The van der Waals surface area contributed by atoms with E-state index in [-0.39, 0.29) is 5.56 Å². The lowest BCUT2D eigenvalue weighted by molar-refractivity contribution is 0.102. The van der Waals surface area contributed by atoms with Crippen LogP contribution in [-0.2, 0) is 0 Å². The van der Waals surface area contributed by atoms with Gasteiger partial charge in [-0.15, -0.1) is 11.3 Å². The molecule has 1 amide bonds. The van der Waals surface area contributed by atoms with Gasteiger partial charge >= 0.3 is 0 Å². The van der Waals surface area contributed by atoms with Crippen LogP contribution in [0.5, 0.6) is 11.5 Å². The van der Waals surface area contributed by atoms with E-state index in [1.807, 2.05) is 29.6 Å². The average molecular weight is 450 g/mol. The molecule has 0 saturated carbocycles. The van der Waals surface area contributed by atoms with Crippen LogP contribution in [0.3, 0.4) is 0 Å². The maximum atomic E-state index is 13.3. The van der Waals surface area contributed by atoms with Crippen molar-refractivity contribution >= 4 is 27.9 Å². The first-order valence-electron chi connectivity index (χ1n) is 10.1. The topological polar surface area (TPSA) is 81.9 Å². The summed E-state index contributed by atoms with van der Waals surface area (Å²) in [6.07, 6.45) is 1.32. The van der Waals surface area contributed by atoms with E-state index in [1.54, 1.807) is 32.4 Å². The summed E-state index contributed by atoms with van der Waals surface area (Å²) < 4.78 is 12.2. The average Bonchev–Trinajstić information content (AvgIpc) is 3.24. The number of nitrogens with zero attached hydrogens (tertiary/aromatic N) is 2. The van der Waals surface area contributed by atoms with Crippen molar-refractivity contribution in [1.29, 1.82) is 0 Å². The molecule has 0 aliphatic heterocycles. The first-order valence-corrected chi connectivity index (χ1v) is 10.9. The molecule has 0 bridgehead atoms. The summed E-state index contributed by atoms with van der Waals surface area (Å²) in [5.41, 5.74) is 2.53. The molecule has 2 heterocycles. The fraction of sp³-hybridized carbons (Fsp3) is 0.208. The minimum atomic E-state index is -0.510. The van der Waals surface area contributed by atoms with E-state index >= 15 is 0 Å². The summed E-state index contributed by atoms with van der Waals surface area (Å²) in [4.78, 5) is 31.0. The minimum Gasteiger partial charge on any atom is -0.497 e. The first kappa shape index (κ1) is 21.6. The number of ether oxygens (including phenoxy) is 2. The van der Waals surface area contributed by atoms with Gasteiger partial charge in [-0.1, -0.05) is 26.0 Å². The molecule has 2 aromatic carbocycles. The highest BCUT2D eigenvalue weighted by atomic mass is 32.1. The smallest absolute Gasteiger partial charge is 0.271 e. The number of anilines is 1. The van der Waals surface area contributed by atoms with Gasteiger partial charge in [-0.3, -0.25) is 14.0 Å². The van der Waals surface area contributed by atoms with Gasteiger partial charge in [0, 0.05) is 22.8 Å². The molecule has 0 saturated heterocycles. The fourth-order valence-corrected chi connectivity index (χ4v) is 4.25. The Labute approximate surface area is 189 Å². The first-order chi connectivity index (χ1) is 15.4. The molecule has 1 N–H and O–H groups in total. The molecule has 0 aliphatic carbocycles. The SMILES string of the molecule is COc1ccc(OC)c(-c2csc3ncc(C(=O)Nc4ccc(C(C)C)cc4)c(=O)n23)c1. The van der Waals surface area contributed by atoms with Crippen LogP contribution in [0.4, 0.5) is 5.69 Å². The number of aromatic nitrogens is 2. The zero-order chi connectivity index (χ0) is 22.8. The molecule has 2 aromatic heterocycles. The number of rotatable bonds is 6. The fourth-order valence-electron chi connectivity index (χ4n) is 3.40. The molecule has 0 fully saturated rings. The van der Waals surface area contributed by atoms with Crippen LogP contribution in [0.2, 0.25) is 0 Å². The zero-order valence-corrected chi connectivity index (χ0v) is 19.0. The molecular formula is C24H23N3O4S. The molecule has 164 valence electrons. The molecular weight excluding hydrogens is 426 g/mol. The maximum Gasteiger partial charge on any atom is 0.271 e. The number of carbonyl (C=O) groups is 1. The molecule has 0 unspecified atom stereocenters. The number of benzene rings is 2. The summed E-state index contributed by atoms with van der Waals surface area (Å²) in [6, 6.07) is 12.9. The van der Waals surface area contributed by atoms with Crippen molar-refractivity contribution in [1.82, 2.24) is 9.38 Å². The number of carbonyl (C=O) groups excluding carboxylic acids is 1. The number of nitrogens with one attached hydrogen (secondary N) is 1. The van der Waals surface area contributed by atoms with E-state index in [0.717, 1.165) is 0 Å². The standard InChI is InChI=1S/C24H23N3O4S/c1-14(2)15-5-7-16(8-6-15)26-22(28)19-12-25-24-27(23(19)29)20(13-32-24)18-11-17(30-3)9-10-21(18)31-4/h5-14H,1-4H3,(H,26,28). The summed E-state index contributed by atoms with van der Waals surface area (Å²) in [5, 5.41) is 4.60. The molecule has 0 atom stereocenters. The molecule has 4 aromatic rings. The molecule has 8 heteroatoms. The second kappa shape index (κ2) is 8.84. The predicted octanol–water partition coefficient (Wildman–Crippen LogP) is 4.82. The van der Waals surface area contributed by atoms with Gasteiger partial charge in [0.25, 0.3) is 11.5 Å². The molecule has 32 heavy (non-hydrogen) atoms. The number of fused-ring (bicyclic) bond motifs is 1. The van der Waals surface area contributed by atoms with Crippen LogP contribution in [0, 0.1) is 0 Å². The van der Waals surface area contributed by atoms with Crippen molar-refractivity contribution in [2.24, 2.45) is 0 Å². The minimum absolute atomic E-state index is 0.0445. The lowest BCUT2D eigenvalue weighted by Crippen LogP contribution is -2.26. The number of amides is 1. The van der Waals surface area contributed by atoms with E-state index < -0.39 is 11.5 Å². The van der Waals surface area contributed by atoms with Gasteiger partial charge < -0.3 is 14.8 Å². The van der Waals surface area contributed by atoms with Gasteiger partial charge in [0.15, 0.2) is 4.96 Å². The molecule has 0 aliphatic rings. The van der Waals surface area contributed by atoms with Gasteiger partial charge in [0.2, 0.25) is 0 Å². The van der Waals surface area contributed by atoms with Gasteiger partial charge in [-0.05, 0) is 41.8 Å². The molecule has 0 radical (unpaired) electrons. The van der Waals surface area contributed by atoms with E-state index in [1.165, 1.54) is 27.5 Å². The van der Waals surface area contributed by atoms with Gasteiger partial charge in [0.05, 0.1) is 19.9 Å². The molecule has 0 spiro atoms. The molecule has 7 nitrogen and oxygen atoms in total. The second-order valence-electron chi connectivity index (χ2n) is 7.51. The summed E-state index contributed by atoms with van der Waals surface area (Å²) in [5.74, 6) is 1.09. The van der Waals surface area contributed by atoms with Crippen LogP contribution in [0.1, 0.15) is 35.7 Å². The number of thiazole rings is 1. The highest BCUT2D eigenvalue weighted by Gasteiger charge is 2.19. The Hall–Kier alpha value is -3.65. The summed E-state index contributed by atoms with van der Waals surface area (Å²) in [6.45, 7) is 4.20. The number of hydrogen-bond donors (Lipinski definition) is 1. The third kappa shape index (κ3) is 3.97. The van der Waals surface area contributed by atoms with Crippen molar-refractivity contribution in [3.63, 3.8) is 0 Å². The van der Waals surface area contributed by atoms with Crippen LogP contribution < -0.4 is 20.3 Å². The summed E-state index contributed by atoms with van der Waals surface area (Å²) in [7, 11) is 3.13. The van der Waals surface area contributed by atoms with E-state index in [2.05, 4.69) is 24.1 Å². The number of methoxy groups -OCH3 is 2. The van der Waals surface area contributed by atoms with Gasteiger partial charge in [-0.25, -0.2) is 4.98 Å². The van der Waals surface area contributed by atoms with Crippen LogP contribution in [-0.4, -0.2) is 29.5 Å². The van der Waals surface area contributed by atoms with E-state index in [4.69, 9.17) is 9.47 Å². The second-order valence-corrected chi connectivity index (χ2v) is 8.35. The lowest BCUT2D eigenvalue weighted by atomic mass is 10.0. The highest BCUT2D eigenvalue weighted by molar-refractivity contribution is 7.15. The number of hydrogen-bond acceptors (Lipinski definition) is 6.